The predicted octanol–water partition coefficient (Wildman–Crippen LogP) is 5.05. The molecule has 0 aromatic heterocycles. The molecule has 0 bridgehead atoms. The summed E-state index contributed by atoms with van der Waals surface area (Å²) in [6.07, 6.45) is -1.78. The maximum atomic E-state index is 13.5. The molecule has 39 heavy (non-hydrogen) atoms. The van der Waals surface area contributed by atoms with E-state index >= 15 is 0 Å². The molecule has 6 nitrogen and oxygen atoms in total. The minimum atomic E-state index is -4.72. The van der Waals surface area contributed by atoms with Gasteiger partial charge in [0.15, 0.2) is 0 Å². The van der Waals surface area contributed by atoms with Crippen LogP contribution in [0.25, 0.3) is 0 Å². The van der Waals surface area contributed by atoms with E-state index in [2.05, 4.69) is 33.9 Å². The van der Waals surface area contributed by atoms with Gasteiger partial charge in [-0.05, 0) is 61.5 Å². The van der Waals surface area contributed by atoms with Crippen molar-refractivity contribution in [2.75, 3.05) is 39.3 Å². The van der Waals surface area contributed by atoms with E-state index in [0.29, 0.717) is 31.3 Å². The molecular formula is C30H36F3N3O3. The molecule has 2 aromatic carbocycles. The molecule has 3 fully saturated rings. The zero-order valence-electron chi connectivity index (χ0n) is 22.3. The molecule has 1 spiro atoms. The number of carbonyl (C=O) groups excluding carboxylic acids is 2. The van der Waals surface area contributed by atoms with Crippen LogP contribution in [0.1, 0.15) is 49.7 Å². The van der Waals surface area contributed by atoms with Crippen molar-refractivity contribution < 1.29 is 27.5 Å². The lowest BCUT2D eigenvalue weighted by Gasteiger charge is -2.39. The van der Waals surface area contributed by atoms with Crippen molar-refractivity contribution in [1.82, 2.24) is 14.7 Å². The molecule has 3 saturated heterocycles. The molecule has 3 aliphatic rings. The van der Waals surface area contributed by atoms with Gasteiger partial charge in [-0.3, -0.25) is 9.59 Å². The Kier molecular flexibility index (Phi) is 7.89. The fourth-order valence-corrected chi connectivity index (χ4v) is 6.58. The molecule has 0 aliphatic carbocycles. The lowest BCUT2D eigenvalue weighted by atomic mass is 9.76. The number of likely N-dealkylation sites (tertiary alicyclic amines) is 3. The van der Waals surface area contributed by atoms with Crippen LogP contribution >= 0.6 is 0 Å². The first-order chi connectivity index (χ1) is 18.7. The molecule has 3 aliphatic heterocycles. The molecule has 3 heterocycles. The zero-order chi connectivity index (χ0) is 27.6. The van der Waals surface area contributed by atoms with Crippen molar-refractivity contribution in [3.8, 4) is 5.75 Å². The fourth-order valence-electron chi connectivity index (χ4n) is 6.58. The van der Waals surface area contributed by atoms with Crippen molar-refractivity contribution in [1.29, 1.82) is 0 Å². The van der Waals surface area contributed by atoms with Gasteiger partial charge in [-0.1, -0.05) is 49.4 Å². The Morgan fingerprint density at radius 3 is 2.28 bits per heavy atom. The van der Waals surface area contributed by atoms with E-state index < -0.39 is 6.36 Å². The van der Waals surface area contributed by atoms with Crippen LogP contribution in [0.15, 0.2) is 54.6 Å². The number of benzene rings is 2. The predicted molar refractivity (Wildman–Crippen MR) is 141 cm³/mol. The second kappa shape index (κ2) is 11.2. The number of hydrogen-bond donors (Lipinski definition) is 0. The number of hydrogen-bond acceptors (Lipinski definition) is 4. The second-order valence-electron chi connectivity index (χ2n) is 11.2. The molecule has 0 radical (unpaired) electrons. The topological polar surface area (TPSA) is 53.1 Å². The highest BCUT2D eigenvalue weighted by Gasteiger charge is 2.48. The average molecular weight is 544 g/mol. The summed E-state index contributed by atoms with van der Waals surface area (Å²) in [6, 6.07) is 16.2. The average Bonchev–Trinajstić information content (AvgIpc) is 3.47. The number of amides is 2. The van der Waals surface area contributed by atoms with Gasteiger partial charge in [0, 0.05) is 45.1 Å². The molecule has 5 rings (SSSR count). The summed E-state index contributed by atoms with van der Waals surface area (Å²) < 4.78 is 41.2. The van der Waals surface area contributed by atoms with Gasteiger partial charge in [-0.25, -0.2) is 0 Å². The van der Waals surface area contributed by atoms with E-state index in [1.54, 1.807) is 12.1 Å². The van der Waals surface area contributed by atoms with E-state index in [9.17, 15) is 22.8 Å². The first kappa shape index (κ1) is 27.5. The van der Waals surface area contributed by atoms with E-state index in [4.69, 9.17) is 0 Å². The number of carbonyl (C=O) groups is 2. The number of nitrogens with zero attached hydrogens (tertiary/aromatic N) is 3. The maximum Gasteiger partial charge on any atom is 0.573 e. The van der Waals surface area contributed by atoms with Gasteiger partial charge < -0.3 is 19.4 Å². The van der Waals surface area contributed by atoms with Gasteiger partial charge in [0.2, 0.25) is 11.8 Å². The van der Waals surface area contributed by atoms with E-state index in [-0.39, 0.29) is 23.0 Å². The van der Waals surface area contributed by atoms with Gasteiger partial charge in [-0.2, -0.15) is 0 Å². The summed E-state index contributed by atoms with van der Waals surface area (Å²) in [5.41, 5.74) is 1.71. The minimum Gasteiger partial charge on any atom is -0.406 e. The number of alkyl halides is 3. The Balaban J connectivity index is 1.17. The first-order valence-electron chi connectivity index (χ1n) is 13.8. The standard InChI is InChI=1S/C30H36F3N3O3/c1-2-27(37)36-20-24(26(21-36)23-6-4-3-5-7-23)19-34-15-12-29(13-16-34)14-17-35(28(29)38)18-22-8-10-25(11-9-22)39-30(31,32)33/h3-11,24,26H,2,12-21H2,1H3/t24?,26-/m1/s1. The lowest BCUT2D eigenvalue weighted by molar-refractivity contribution is -0.274. The monoisotopic (exact) mass is 543 g/mol. The third kappa shape index (κ3) is 6.24. The van der Waals surface area contributed by atoms with Gasteiger partial charge in [-0.15, -0.1) is 13.2 Å². The van der Waals surface area contributed by atoms with Crippen LogP contribution in [0.2, 0.25) is 0 Å². The summed E-state index contributed by atoms with van der Waals surface area (Å²) in [5, 5.41) is 0. The minimum absolute atomic E-state index is 0.153. The third-order valence-electron chi connectivity index (χ3n) is 8.76. The summed E-state index contributed by atoms with van der Waals surface area (Å²) in [4.78, 5) is 32.3. The smallest absolute Gasteiger partial charge is 0.406 e. The van der Waals surface area contributed by atoms with E-state index in [1.165, 1.54) is 17.7 Å². The molecule has 210 valence electrons. The molecule has 2 aromatic rings. The first-order valence-corrected chi connectivity index (χ1v) is 13.8. The third-order valence-corrected chi connectivity index (χ3v) is 8.76. The highest BCUT2D eigenvalue weighted by atomic mass is 19.4. The number of rotatable bonds is 7. The fraction of sp³-hybridized carbons (Fsp3) is 0.533. The second-order valence-corrected chi connectivity index (χ2v) is 11.2. The van der Waals surface area contributed by atoms with Crippen LogP contribution in [0.5, 0.6) is 5.75 Å². The summed E-state index contributed by atoms with van der Waals surface area (Å²) in [5.74, 6) is 0.767. The Morgan fingerprint density at radius 1 is 0.974 bits per heavy atom. The Hall–Kier alpha value is -3.07. The SMILES string of the molecule is CCC(=O)N1CC(CN2CCC3(CC2)CCN(Cc2ccc(OC(F)(F)F)cc2)C3=O)[C@@H](c2ccccc2)C1. The molecule has 1 unspecified atom stereocenters. The molecule has 9 heteroatoms. The summed E-state index contributed by atoms with van der Waals surface area (Å²) in [6.45, 7) is 7.10. The van der Waals surface area contributed by atoms with E-state index in [0.717, 1.165) is 57.5 Å². The van der Waals surface area contributed by atoms with Crippen molar-refractivity contribution >= 4 is 11.8 Å². The highest BCUT2D eigenvalue weighted by Crippen LogP contribution is 2.43. The zero-order valence-corrected chi connectivity index (χ0v) is 22.3. The van der Waals surface area contributed by atoms with Gasteiger partial charge in [0.1, 0.15) is 5.75 Å². The van der Waals surface area contributed by atoms with Crippen LogP contribution in [0.4, 0.5) is 13.2 Å². The van der Waals surface area contributed by atoms with Crippen LogP contribution in [0, 0.1) is 11.3 Å². The molecule has 2 atom stereocenters. The van der Waals surface area contributed by atoms with Crippen LogP contribution in [-0.2, 0) is 16.1 Å². The van der Waals surface area contributed by atoms with Crippen molar-refractivity contribution in [3.63, 3.8) is 0 Å². The van der Waals surface area contributed by atoms with Crippen molar-refractivity contribution in [2.24, 2.45) is 11.3 Å². The largest absolute Gasteiger partial charge is 0.573 e. The van der Waals surface area contributed by atoms with Crippen molar-refractivity contribution in [2.45, 2.75) is 51.4 Å². The van der Waals surface area contributed by atoms with Crippen LogP contribution in [0.3, 0.4) is 0 Å². The summed E-state index contributed by atoms with van der Waals surface area (Å²) >= 11 is 0. The Morgan fingerprint density at radius 2 is 1.64 bits per heavy atom. The van der Waals surface area contributed by atoms with Gasteiger partial charge in [0.25, 0.3) is 0 Å². The highest BCUT2D eigenvalue weighted by molar-refractivity contribution is 5.85. The number of ether oxygens (including phenoxy) is 1. The van der Waals surface area contributed by atoms with E-state index in [1.807, 2.05) is 22.8 Å². The molecule has 0 N–H and O–H groups in total. The Labute approximate surface area is 227 Å². The normalized spacial score (nSPS) is 23.5. The van der Waals surface area contributed by atoms with Gasteiger partial charge in [0.05, 0.1) is 5.41 Å². The maximum absolute atomic E-state index is 13.5. The molecular weight excluding hydrogens is 507 g/mol. The van der Waals surface area contributed by atoms with Crippen LogP contribution < -0.4 is 4.74 Å². The quantitative estimate of drug-likeness (QED) is 0.491. The Bertz CT molecular complexity index is 1150. The summed E-state index contributed by atoms with van der Waals surface area (Å²) in [7, 11) is 0. The number of piperidine rings is 1. The molecule has 2 amide bonds. The lowest BCUT2D eigenvalue weighted by Crippen LogP contribution is -2.46. The van der Waals surface area contributed by atoms with Crippen LogP contribution in [-0.4, -0.2) is 72.1 Å². The van der Waals surface area contributed by atoms with Gasteiger partial charge >= 0.3 is 6.36 Å². The molecule has 0 saturated carbocycles. The number of halogens is 3. The van der Waals surface area contributed by atoms with Crippen molar-refractivity contribution in [3.05, 3.63) is 65.7 Å².